The van der Waals surface area contributed by atoms with Gasteiger partial charge in [0.05, 0.1) is 11.0 Å². The average Bonchev–Trinajstić information content (AvgIpc) is 3.13. The van der Waals surface area contributed by atoms with Crippen molar-refractivity contribution in [2.24, 2.45) is 0 Å². The second kappa shape index (κ2) is 10.0. The van der Waals surface area contributed by atoms with Crippen LogP contribution in [-0.2, 0) is 13.2 Å². The maximum Gasteiger partial charge on any atom is 0.148 e. The van der Waals surface area contributed by atoms with E-state index in [4.69, 9.17) is 21.3 Å². The van der Waals surface area contributed by atoms with Gasteiger partial charge in [-0.25, -0.2) is 4.98 Å². The SMILES string of the molecule is Cc1cccc2c1nc(COc1ccc(Cl)cc1)n2CCCN1CCC(N(C)C)CC1. The standard InChI is InChI=1S/C25H33ClN4O/c1-19-6-4-7-23-25(19)27-24(18-31-22-10-8-20(26)9-11-22)30(23)15-5-14-29-16-12-21(13-17-29)28(2)3/h4,6-11,21H,5,12-18H2,1-3H3. The predicted molar refractivity (Wildman–Crippen MR) is 128 cm³/mol. The third kappa shape index (κ3) is 5.40. The minimum atomic E-state index is 0.448. The van der Waals surface area contributed by atoms with E-state index in [1.54, 1.807) is 0 Å². The number of halogens is 1. The lowest BCUT2D eigenvalue weighted by atomic mass is 10.0. The molecule has 5 nitrogen and oxygen atoms in total. The number of likely N-dealkylation sites (tertiary alicyclic amines) is 1. The number of aryl methyl sites for hydroxylation is 2. The summed E-state index contributed by atoms with van der Waals surface area (Å²) in [4.78, 5) is 9.90. The second-order valence-corrected chi connectivity index (χ2v) is 9.19. The molecule has 0 aliphatic carbocycles. The van der Waals surface area contributed by atoms with E-state index in [-0.39, 0.29) is 0 Å². The molecule has 1 aromatic heterocycles. The van der Waals surface area contributed by atoms with Gasteiger partial charge >= 0.3 is 0 Å². The van der Waals surface area contributed by atoms with E-state index in [0.717, 1.165) is 42.6 Å². The van der Waals surface area contributed by atoms with Gasteiger partial charge in [0.1, 0.15) is 18.2 Å². The van der Waals surface area contributed by atoms with Crippen LogP contribution in [0.3, 0.4) is 0 Å². The Kier molecular flexibility index (Phi) is 7.16. The highest BCUT2D eigenvalue weighted by Gasteiger charge is 2.20. The van der Waals surface area contributed by atoms with Crippen LogP contribution in [0.4, 0.5) is 0 Å². The summed E-state index contributed by atoms with van der Waals surface area (Å²) in [6, 6.07) is 14.6. The van der Waals surface area contributed by atoms with Crippen molar-refractivity contribution in [3.63, 3.8) is 0 Å². The highest BCUT2D eigenvalue weighted by molar-refractivity contribution is 6.30. The summed E-state index contributed by atoms with van der Waals surface area (Å²) in [6.45, 7) is 7.04. The largest absolute Gasteiger partial charge is 0.486 e. The molecule has 0 bridgehead atoms. The summed E-state index contributed by atoms with van der Waals surface area (Å²) >= 11 is 5.99. The van der Waals surface area contributed by atoms with Crippen LogP contribution in [0.2, 0.25) is 5.02 Å². The fraction of sp³-hybridized carbons (Fsp3) is 0.480. The van der Waals surface area contributed by atoms with E-state index in [1.807, 2.05) is 24.3 Å². The van der Waals surface area contributed by atoms with Crippen LogP contribution in [0.1, 0.15) is 30.7 Å². The number of hydrogen-bond acceptors (Lipinski definition) is 4. The molecule has 4 rings (SSSR count). The topological polar surface area (TPSA) is 33.5 Å². The van der Waals surface area contributed by atoms with Crippen LogP contribution in [-0.4, -0.2) is 59.1 Å². The van der Waals surface area contributed by atoms with Crippen LogP contribution in [0.15, 0.2) is 42.5 Å². The van der Waals surface area contributed by atoms with Crippen molar-refractivity contribution >= 4 is 22.6 Å². The molecule has 0 radical (unpaired) electrons. The molecule has 0 unspecified atom stereocenters. The number of aromatic nitrogens is 2. The van der Waals surface area contributed by atoms with Gasteiger partial charge in [0.2, 0.25) is 0 Å². The van der Waals surface area contributed by atoms with Gasteiger partial charge in [-0.1, -0.05) is 23.7 Å². The Balaban J connectivity index is 1.42. The Morgan fingerprint density at radius 2 is 1.81 bits per heavy atom. The predicted octanol–water partition coefficient (Wildman–Crippen LogP) is 4.99. The minimum absolute atomic E-state index is 0.448. The summed E-state index contributed by atoms with van der Waals surface area (Å²) in [5.74, 6) is 1.79. The molecule has 0 N–H and O–H groups in total. The van der Waals surface area contributed by atoms with E-state index in [9.17, 15) is 0 Å². The van der Waals surface area contributed by atoms with E-state index in [2.05, 4.69) is 53.6 Å². The van der Waals surface area contributed by atoms with Gasteiger partial charge in [-0.2, -0.15) is 0 Å². The number of fused-ring (bicyclic) bond motifs is 1. The lowest BCUT2D eigenvalue weighted by Gasteiger charge is -2.35. The van der Waals surface area contributed by atoms with Crippen LogP contribution in [0.25, 0.3) is 11.0 Å². The summed E-state index contributed by atoms with van der Waals surface area (Å²) in [7, 11) is 4.39. The van der Waals surface area contributed by atoms with Gasteiger partial charge < -0.3 is 19.1 Å². The maximum absolute atomic E-state index is 6.03. The third-order valence-corrected chi connectivity index (χ3v) is 6.64. The van der Waals surface area contributed by atoms with Gasteiger partial charge in [0.25, 0.3) is 0 Å². The van der Waals surface area contributed by atoms with E-state index in [0.29, 0.717) is 11.6 Å². The Morgan fingerprint density at radius 1 is 1.06 bits per heavy atom. The lowest BCUT2D eigenvalue weighted by Crippen LogP contribution is -2.42. The van der Waals surface area contributed by atoms with Crippen molar-refractivity contribution < 1.29 is 4.74 Å². The first kappa shape index (κ1) is 22.1. The first-order chi connectivity index (χ1) is 15.0. The normalized spacial score (nSPS) is 15.8. The minimum Gasteiger partial charge on any atom is -0.486 e. The zero-order valence-corrected chi connectivity index (χ0v) is 19.6. The molecule has 166 valence electrons. The number of imidazole rings is 1. The maximum atomic E-state index is 6.03. The molecule has 31 heavy (non-hydrogen) atoms. The number of rotatable bonds is 8. The van der Waals surface area contributed by atoms with Crippen LogP contribution >= 0.6 is 11.6 Å². The molecule has 0 spiro atoms. The molecule has 2 aromatic carbocycles. The van der Waals surface area contributed by atoms with Gasteiger partial charge in [0, 0.05) is 17.6 Å². The number of hydrogen-bond donors (Lipinski definition) is 0. The van der Waals surface area contributed by atoms with E-state index >= 15 is 0 Å². The zero-order chi connectivity index (χ0) is 21.8. The van der Waals surface area contributed by atoms with E-state index in [1.165, 1.54) is 37.0 Å². The third-order valence-electron chi connectivity index (χ3n) is 6.38. The molecule has 0 atom stereocenters. The Morgan fingerprint density at radius 3 is 2.52 bits per heavy atom. The zero-order valence-electron chi connectivity index (χ0n) is 18.9. The summed E-state index contributed by atoms with van der Waals surface area (Å²) in [6.07, 6.45) is 3.64. The van der Waals surface area contributed by atoms with E-state index < -0.39 is 0 Å². The first-order valence-corrected chi connectivity index (χ1v) is 11.6. The summed E-state index contributed by atoms with van der Waals surface area (Å²) in [5, 5.41) is 0.713. The van der Waals surface area contributed by atoms with Crippen molar-refractivity contribution in [2.45, 2.75) is 45.4 Å². The molecule has 1 fully saturated rings. The Labute approximate surface area is 190 Å². The number of piperidine rings is 1. The highest BCUT2D eigenvalue weighted by Crippen LogP contribution is 2.23. The molecule has 0 amide bonds. The number of ether oxygens (including phenoxy) is 1. The number of nitrogens with zero attached hydrogens (tertiary/aromatic N) is 4. The molecular formula is C25H33ClN4O. The summed E-state index contributed by atoms with van der Waals surface area (Å²) < 4.78 is 8.37. The molecule has 2 heterocycles. The van der Waals surface area contributed by atoms with Crippen molar-refractivity contribution in [3.8, 4) is 5.75 Å². The van der Waals surface area contributed by atoms with Crippen LogP contribution in [0, 0.1) is 6.92 Å². The number of para-hydroxylation sites is 1. The van der Waals surface area contributed by atoms with Gasteiger partial charge in [-0.15, -0.1) is 0 Å². The smallest absolute Gasteiger partial charge is 0.148 e. The van der Waals surface area contributed by atoms with Gasteiger partial charge in [0.15, 0.2) is 0 Å². The first-order valence-electron chi connectivity index (χ1n) is 11.2. The average molecular weight is 441 g/mol. The van der Waals surface area contributed by atoms with Crippen molar-refractivity contribution in [1.82, 2.24) is 19.4 Å². The van der Waals surface area contributed by atoms with Crippen molar-refractivity contribution in [1.29, 1.82) is 0 Å². The molecule has 0 saturated carbocycles. The molecule has 1 aliphatic heterocycles. The monoisotopic (exact) mass is 440 g/mol. The van der Waals surface area contributed by atoms with Crippen LogP contribution in [0.5, 0.6) is 5.75 Å². The van der Waals surface area contributed by atoms with Crippen molar-refractivity contribution in [3.05, 3.63) is 58.9 Å². The van der Waals surface area contributed by atoms with Crippen LogP contribution < -0.4 is 4.74 Å². The second-order valence-electron chi connectivity index (χ2n) is 8.75. The molecule has 3 aromatic rings. The molecule has 1 saturated heterocycles. The quantitative estimate of drug-likeness (QED) is 0.494. The Bertz CT molecular complexity index is 991. The fourth-order valence-corrected chi connectivity index (χ4v) is 4.61. The van der Waals surface area contributed by atoms with Gasteiger partial charge in [-0.3, -0.25) is 0 Å². The fourth-order valence-electron chi connectivity index (χ4n) is 4.49. The molecular weight excluding hydrogens is 408 g/mol. The lowest BCUT2D eigenvalue weighted by molar-refractivity contribution is 0.142. The highest BCUT2D eigenvalue weighted by atomic mass is 35.5. The Hall–Kier alpha value is -2.08. The molecule has 6 heteroatoms. The van der Waals surface area contributed by atoms with Crippen molar-refractivity contribution in [2.75, 3.05) is 33.7 Å². The summed E-state index contributed by atoms with van der Waals surface area (Å²) in [5.41, 5.74) is 3.47. The number of benzene rings is 2. The molecule has 1 aliphatic rings. The van der Waals surface area contributed by atoms with Gasteiger partial charge in [-0.05, 0) is 95.8 Å².